The lowest BCUT2D eigenvalue weighted by atomic mass is 10.3. The average Bonchev–Trinajstić information content (AvgIpc) is 2.94. The van der Waals surface area contributed by atoms with Gasteiger partial charge in [0.1, 0.15) is 5.76 Å². The molecule has 17 heavy (non-hydrogen) atoms. The van der Waals surface area contributed by atoms with Gasteiger partial charge in [-0.2, -0.15) is 0 Å². The van der Waals surface area contributed by atoms with Crippen molar-refractivity contribution in [3.05, 3.63) is 45.5 Å². The van der Waals surface area contributed by atoms with Crippen molar-refractivity contribution in [1.82, 2.24) is 5.32 Å². The Labute approximate surface area is 103 Å². The van der Waals surface area contributed by atoms with Crippen LogP contribution in [0.1, 0.15) is 26.8 Å². The molecule has 90 valence electrons. The summed E-state index contributed by atoms with van der Waals surface area (Å²) < 4.78 is 5.26. The lowest BCUT2D eigenvalue weighted by molar-refractivity contribution is 0.0922. The molecule has 2 aromatic rings. The van der Waals surface area contributed by atoms with E-state index in [1.54, 1.807) is 23.5 Å². The van der Waals surface area contributed by atoms with E-state index in [0.717, 1.165) is 4.88 Å². The van der Waals surface area contributed by atoms with Crippen LogP contribution in [0.3, 0.4) is 0 Å². The molecular weight excluding hydrogens is 236 g/mol. The van der Waals surface area contributed by atoms with Crippen molar-refractivity contribution < 1.29 is 9.21 Å². The van der Waals surface area contributed by atoms with Crippen molar-refractivity contribution in [1.29, 1.82) is 0 Å². The van der Waals surface area contributed by atoms with E-state index in [4.69, 9.17) is 10.2 Å². The molecule has 0 aliphatic heterocycles. The predicted octanol–water partition coefficient (Wildman–Crippen LogP) is 2.04. The van der Waals surface area contributed by atoms with Crippen LogP contribution in [0, 0.1) is 6.92 Å². The highest BCUT2D eigenvalue weighted by atomic mass is 32.1. The third kappa shape index (κ3) is 2.75. The number of carbonyl (C=O) groups excluding carboxylic acids is 1. The van der Waals surface area contributed by atoms with Gasteiger partial charge in [-0.05, 0) is 36.1 Å². The van der Waals surface area contributed by atoms with Gasteiger partial charge < -0.3 is 15.5 Å². The Bertz CT molecular complexity index is 516. The van der Waals surface area contributed by atoms with E-state index in [2.05, 4.69) is 5.32 Å². The van der Waals surface area contributed by atoms with Gasteiger partial charge >= 0.3 is 0 Å². The zero-order valence-electron chi connectivity index (χ0n) is 9.53. The molecule has 0 aliphatic rings. The number of furan rings is 1. The van der Waals surface area contributed by atoms with Crippen LogP contribution in [0.4, 0.5) is 0 Å². The van der Waals surface area contributed by atoms with E-state index in [0.29, 0.717) is 24.6 Å². The summed E-state index contributed by atoms with van der Waals surface area (Å²) in [5.41, 5.74) is 6.60. The first-order valence-corrected chi connectivity index (χ1v) is 6.18. The molecule has 5 heteroatoms. The Morgan fingerprint density at radius 3 is 2.88 bits per heavy atom. The van der Waals surface area contributed by atoms with Crippen LogP contribution >= 0.6 is 11.3 Å². The fourth-order valence-corrected chi connectivity index (χ4v) is 2.29. The predicted molar refractivity (Wildman–Crippen MR) is 66.8 cm³/mol. The highest BCUT2D eigenvalue weighted by molar-refractivity contribution is 7.10. The minimum absolute atomic E-state index is 0.211. The molecule has 0 atom stereocenters. The quantitative estimate of drug-likeness (QED) is 0.872. The monoisotopic (exact) mass is 250 g/mol. The SMILES string of the molecule is Cc1ccsc1CNC(=O)c1ccc(CN)o1. The maximum atomic E-state index is 11.7. The topological polar surface area (TPSA) is 68.3 Å². The van der Waals surface area contributed by atoms with Crippen LogP contribution in [-0.4, -0.2) is 5.91 Å². The van der Waals surface area contributed by atoms with E-state index in [9.17, 15) is 4.79 Å². The summed E-state index contributed by atoms with van der Waals surface area (Å²) >= 11 is 1.63. The molecule has 0 saturated carbocycles. The smallest absolute Gasteiger partial charge is 0.287 e. The zero-order valence-corrected chi connectivity index (χ0v) is 10.3. The minimum Gasteiger partial charge on any atom is -0.455 e. The van der Waals surface area contributed by atoms with Crippen LogP contribution < -0.4 is 11.1 Å². The summed E-state index contributed by atoms with van der Waals surface area (Å²) in [4.78, 5) is 12.9. The van der Waals surface area contributed by atoms with Gasteiger partial charge in [0, 0.05) is 4.88 Å². The van der Waals surface area contributed by atoms with Crippen molar-refractivity contribution in [3.63, 3.8) is 0 Å². The van der Waals surface area contributed by atoms with Crippen molar-refractivity contribution >= 4 is 17.2 Å². The van der Waals surface area contributed by atoms with E-state index in [1.165, 1.54) is 5.56 Å². The van der Waals surface area contributed by atoms with Crippen LogP contribution in [0.15, 0.2) is 28.0 Å². The number of carbonyl (C=O) groups is 1. The molecule has 0 bridgehead atoms. The lowest BCUT2D eigenvalue weighted by Crippen LogP contribution is -2.22. The average molecular weight is 250 g/mol. The van der Waals surface area contributed by atoms with Gasteiger partial charge in [-0.3, -0.25) is 4.79 Å². The Kier molecular flexibility index (Phi) is 3.61. The summed E-state index contributed by atoms with van der Waals surface area (Å²) in [6.07, 6.45) is 0. The molecule has 0 radical (unpaired) electrons. The maximum absolute atomic E-state index is 11.7. The summed E-state index contributed by atoms with van der Waals surface area (Å²) in [5.74, 6) is 0.708. The molecule has 2 heterocycles. The van der Waals surface area contributed by atoms with Gasteiger partial charge in [0.2, 0.25) is 0 Å². The Morgan fingerprint density at radius 1 is 1.47 bits per heavy atom. The van der Waals surface area contributed by atoms with E-state index in [-0.39, 0.29) is 5.91 Å². The highest BCUT2D eigenvalue weighted by Crippen LogP contribution is 2.15. The third-order valence-electron chi connectivity index (χ3n) is 2.46. The highest BCUT2D eigenvalue weighted by Gasteiger charge is 2.10. The fraction of sp³-hybridized carbons (Fsp3) is 0.250. The summed E-state index contributed by atoms with van der Waals surface area (Å²) in [7, 11) is 0. The first kappa shape index (κ1) is 11.9. The number of aryl methyl sites for hydroxylation is 1. The first-order chi connectivity index (χ1) is 8.20. The van der Waals surface area contributed by atoms with Crippen molar-refractivity contribution in [2.45, 2.75) is 20.0 Å². The molecule has 0 unspecified atom stereocenters. The van der Waals surface area contributed by atoms with E-state index < -0.39 is 0 Å². The second kappa shape index (κ2) is 5.16. The molecule has 2 rings (SSSR count). The molecule has 1 amide bonds. The van der Waals surface area contributed by atoms with Crippen LogP contribution in [0.5, 0.6) is 0 Å². The molecule has 0 aromatic carbocycles. The summed E-state index contributed by atoms with van der Waals surface area (Å²) in [5, 5.41) is 4.83. The maximum Gasteiger partial charge on any atom is 0.287 e. The van der Waals surface area contributed by atoms with Crippen molar-refractivity contribution in [2.24, 2.45) is 5.73 Å². The molecule has 0 aliphatic carbocycles. The van der Waals surface area contributed by atoms with Gasteiger partial charge in [-0.25, -0.2) is 0 Å². The van der Waals surface area contributed by atoms with Crippen LogP contribution in [-0.2, 0) is 13.1 Å². The molecule has 4 nitrogen and oxygen atoms in total. The molecular formula is C12H14N2O2S. The number of amides is 1. The van der Waals surface area contributed by atoms with E-state index >= 15 is 0 Å². The summed E-state index contributed by atoms with van der Waals surface area (Å²) in [6, 6.07) is 5.38. The van der Waals surface area contributed by atoms with Crippen LogP contribution in [0.2, 0.25) is 0 Å². The number of hydrogen-bond acceptors (Lipinski definition) is 4. The van der Waals surface area contributed by atoms with Crippen molar-refractivity contribution in [2.75, 3.05) is 0 Å². The van der Waals surface area contributed by atoms with Gasteiger partial charge in [0.05, 0.1) is 13.1 Å². The Balaban J connectivity index is 1.95. The number of rotatable bonds is 4. The number of nitrogens with one attached hydrogen (secondary N) is 1. The third-order valence-corrected chi connectivity index (χ3v) is 3.49. The number of nitrogens with two attached hydrogens (primary N) is 1. The summed E-state index contributed by atoms with van der Waals surface area (Å²) in [6.45, 7) is 2.86. The van der Waals surface area contributed by atoms with Gasteiger partial charge in [0.15, 0.2) is 5.76 Å². The minimum atomic E-state index is -0.211. The fourth-order valence-electron chi connectivity index (χ4n) is 1.44. The second-order valence-electron chi connectivity index (χ2n) is 3.68. The molecule has 0 saturated heterocycles. The normalized spacial score (nSPS) is 10.5. The number of thiophene rings is 1. The van der Waals surface area contributed by atoms with Crippen LogP contribution in [0.25, 0.3) is 0 Å². The van der Waals surface area contributed by atoms with E-state index in [1.807, 2.05) is 18.4 Å². The standard InChI is InChI=1S/C12H14N2O2S/c1-8-4-5-17-11(8)7-14-12(15)10-3-2-9(6-13)16-10/h2-5H,6-7,13H2,1H3,(H,14,15). The molecule has 2 aromatic heterocycles. The van der Waals surface area contributed by atoms with Gasteiger partial charge in [0.25, 0.3) is 5.91 Å². The first-order valence-electron chi connectivity index (χ1n) is 5.30. The molecule has 0 fully saturated rings. The largest absolute Gasteiger partial charge is 0.455 e. The lowest BCUT2D eigenvalue weighted by Gasteiger charge is -2.02. The van der Waals surface area contributed by atoms with Crippen molar-refractivity contribution in [3.8, 4) is 0 Å². The Hall–Kier alpha value is -1.59. The zero-order chi connectivity index (χ0) is 12.3. The number of hydrogen-bond donors (Lipinski definition) is 2. The molecule has 0 spiro atoms. The van der Waals surface area contributed by atoms with Gasteiger partial charge in [-0.15, -0.1) is 11.3 Å². The second-order valence-corrected chi connectivity index (χ2v) is 4.68. The Morgan fingerprint density at radius 2 is 2.29 bits per heavy atom. The molecule has 3 N–H and O–H groups in total. The van der Waals surface area contributed by atoms with Gasteiger partial charge in [-0.1, -0.05) is 0 Å².